The molecule has 7 nitrogen and oxygen atoms in total. The highest BCUT2D eigenvalue weighted by Crippen LogP contribution is 2.15. The molecule has 138 valence electrons. The minimum Gasteiger partial charge on any atom is -0.478 e. The van der Waals surface area contributed by atoms with Crippen molar-refractivity contribution < 1.29 is 9.15 Å². The second kappa shape index (κ2) is 10.9. The smallest absolute Gasteiger partial charge is 0.218 e. The lowest BCUT2D eigenvalue weighted by Crippen LogP contribution is -2.36. The summed E-state index contributed by atoms with van der Waals surface area (Å²) in [5.41, 5.74) is 1.85. The molecule has 0 saturated carbocycles. The summed E-state index contributed by atoms with van der Waals surface area (Å²) in [5, 5.41) is 6.42. The van der Waals surface area contributed by atoms with Gasteiger partial charge in [0.05, 0.1) is 25.4 Å². The molecule has 0 atom stereocenters. The highest BCUT2D eigenvalue weighted by Gasteiger charge is 2.07. The maximum Gasteiger partial charge on any atom is 0.218 e. The Morgan fingerprint density at radius 3 is 2.72 bits per heavy atom. The molecule has 2 aromatic heterocycles. The van der Waals surface area contributed by atoms with Crippen molar-refractivity contribution in [3.63, 3.8) is 0 Å². The molecule has 0 bridgehead atoms. The molecular weight excluding hydrogens is 433 g/mol. The van der Waals surface area contributed by atoms with E-state index in [1.165, 1.54) is 0 Å². The van der Waals surface area contributed by atoms with E-state index in [0.717, 1.165) is 23.6 Å². The van der Waals surface area contributed by atoms with Crippen LogP contribution in [-0.4, -0.2) is 29.1 Å². The predicted molar refractivity (Wildman–Crippen MR) is 108 cm³/mol. The van der Waals surface area contributed by atoms with Gasteiger partial charge in [-0.3, -0.25) is 0 Å². The van der Waals surface area contributed by atoms with Gasteiger partial charge in [-0.15, -0.1) is 24.0 Å². The first-order valence-electron chi connectivity index (χ1n) is 8.15. The van der Waals surface area contributed by atoms with E-state index in [9.17, 15) is 0 Å². The van der Waals surface area contributed by atoms with E-state index in [1.807, 2.05) is 39.8 Å². The quantitative estimate of drug-likeness (QED) is 0.376. The fourth-order valence-electron chi connectivity index (χ4n) is 2.09. The van der Waals surface area contributed by atoms with Gasteiger partial charge in [-0.1, -0.05) is 6.07 Å². The number of hydrogen-bond donors (Lipinski definition) is 2. The summed E-state index contributed by atoms with van der Waals surface area (Å²) in [6.45, 7) is 10.1. The molecule has 0 radical (unpaired) electrons. The van der Waals surface area contributed by atoms with Crippen molar-refractivity contribution >= 4 is 29.9 Å². The topological polar surface area (TPSA) is 84.6 Å². The van der Waals surface area contributed by atoms with E-state index in [-0.39, 0.29) is 24.0 Å². The summed E-state index contributed by atoms with van der Waals surface area (Å²) in [5.74, 6) is 2.80. The number of oxazole rings is 1. The number of aliphatic imine (C=N–C) groups is 1. The number of nitrogens with one attached hydrogen (secondary N) is 2. The molecule has 0 aromatic carbocycles. The fraction of sp³-hybridized carbons (Fsp3) is 0.471. The minimum absolute atomic E-state index is 0. The lowest BCUT2D eigenvalue weighted by atomic mass is 10.3. The van der Waals surface area contributed by atoms with Gasteiger partial charge in [0, 0.05) is 18.3 Å². The van der Waals surface area contributed by atoms with Gasteiger partial charge in [-0.25, -0.2) is 15.0 Å². The lowest BCUT2D eigenvalue weighted by molar-refractivity contribution is 0.323. The van der Waals surface area contributed by atoms with E-state index in [2.05, 4.69) is 25.6 Å². The zero-order valence-corrected chi connectivity index (χ0v) is 17.5. The molecule has 0 amide bonds. The Bertz CT molecular complexity index is 668. The van der Waals surface area contributed by atoms with Crippen molar-refractivity contribution in [2.45, 2.75) is 40.8 Å². The second-order valence-electron chi connectivity index (χ2n) is 5.20. The van der Waals surface area contributed by atoms with Crippen LogP contribution in [0.15, 0.2) is 27.7 Å². The van der Waals surface area contributed by atoms with Crippen LogP contribution in [0.2, 0.25) is 0 Å². The minimum atomic E-state index is 0. The molecule has 8 heteroatoms. The molecule has 2 rings (SSSR count). The zero-order chi connectivity index (χ0) is 17.4. The Morgan fingerprint density at radius 1 is 1.28 bits per heavy atom. The van der Waals surface area contributed by atoms with Gasteiger partial charge in [0.2, 0.25) is 11.8 Å². The van der Waals surface area contributed by atoms with Crippen molar-refractivity contribution in [2.75, 3.05) is 13.2 Å². The molecular formula is C17H26IN5O2. The van der Waals surface area contributed by atoms with Crippen LogP contribution in [0, 0.1) is 13.8 Å². The summed E-state index contributed by atoms with van der Waals surface area (Å²) >= 11 is 0. The Kier molecular flexibility index (Phi) is 9.25. The first-order chi connectivity index (χ1) is 11.6. The maximum absolute atomic E-state index is 5.57. The third-order valence-electron chi connectivity index (χ3n) is 3.36. The monoisotopic (exact) mass is 459 g/mol. The van der Waals surface area contributed by atoms with Crippen molar-refractivity contribution in [1.29, 1.82) is 0 Å². The summed E-state index contributed by atoms with van der Waals surface area (Å²) in [4.78, 5) is 13.2. The molecule has 2 aromatic rings. The van der Waals surface area contributed by atoms with Crippen molar-refractivity contribution in [3.8, 4) is 5.88 Å². The molecule has 0 saturated heterocycles. The molecule has 0 aliphatic heterocycles. The van der Waals surface area contributed by atoms with Gasteiger partial charge in [0.1, 0.15) is 5.76 Å². The van der Waals surface area contributed by atoms with Crippen molar-refractivity contribution in [1.82, 2.24) is 20.6 Å². The van der Waals surface area contributed by atoms with Crippen LogP contribution in [0.3, 0.4) is 0 Å². The standard InChI is InChI=1S/C17H25N5O2.HI/c1-5-18-17(21-11-15-22-12(3)13(4)24-15)20-10-14-8-7-9-19-16(14)23-6-2;/h7-9H,5-6,10-11H2,1-4H3,(H2,18,20,21);1H. The SMILES string of the molecule is CCNC(=NCc1cccnc1OCC)NCc1nc(C)c(C)o1.I. The van der Waals surface area contributed by atoms with Gasteiger partial charge < -0.3 is 19.8 Å². The van der Waals surface area contributed by atoms with Crippen LogP contribution in [0.5, 0.6) is 5.88 Å². The molecule has 0 aliphatic rings. The molecule has 0 spiro atoms. The number of rotatable bonds is 7. The van der Waals surface area contributed by atoms with E-state index in [4.69, 9.17) is 9.15 Å². The van der Waals surface area contributed by atoms with Gasteiger partial charge in [0.25, 0.3) is 0 Å². The predicted octanol–water partition coefficient (Wildman–Crippen LogP) is 2.96. The van der Waals surface area contributed by atoms with E-state index in [0.29, 0.717) is 37.4 Å². The van der Waals surface area contributed by atoms with Crippen LogP contribution in [0.25, 0.3) is 0 Å². The largest absolute Gasteiger partial charge is 0.478 e. The number of halogens is 1. The molecule has 0 aliphatic carbocycles. The number of hydrogen-bond acceptors (Lipinski definition) is 5. The third-order valence-corrected chi connectivity index (χ3v) is 3.36. The first kappa shape index (κ1) is 21.2. The lowest BCUT2D eigenvalue weighted by Gasteiger charge is -2.11. The first-order valence-corrected chi connectivity index (χ1v) is 8.15. The van der Waals surface area contributed by atoms with Crippen LogP contribution < -0.4 is 15.4 Å². The molecule has 2 heterocycles. The average molecular weight is 459 g/mol. The van der Waals surface area contributed by atoms with Crippen LogP contribution in [0.4, 0.5) is 0 Å². The van der Waals surface area contributed by atoms with Crippen LogP contribution in [0.1, 0.15) is 36.8 Å². The second-order valence-corrected chi connectivity index (χ2v) is 5.20. The Morgan fingerprint density at radius 2 is 2.08 bits per heavy atom. The zero-order valence-electron chi connectivity index (χ0n) is 15.1. The molecule has 0 unspecified atom stereocenters. The number of guanidine groups is 1. The van der Waals surface area contributed by atoms with Gasteiger partial charge >= 0.3 is 0 Å². The summed E-state index contributed by atoms with van der Waals surface area (Å²) in [7, 11) is 0. The Balaban J connectivity index is 0.00000312. The van der Waals surface area contributed by atoms with Gasteiger partial charge in [-0.05, 0) is 33.8 Å². The van der Waals surface area contributed by atoms with Crippen molar-refractivity contribution in [2.24, 2.45) is 4.99 Å². The molecule has 0 fully saturated rings. The maximum atomic E-state index is 5.57. The van der Waals surface area contributed by atoms with Gasteiger partial charge in [-0.2, -0.15) is 0 Å². The van der Waals surface area contributed by atoms with E-state index in [1.54, 1.807) is 6.20 Å². The molecule has 2 N–H and O–H groups in total. The summed E-state index contributed by atoms with van der Waals surface area (Å²) in [6, 6.07) is 3.85. The van der Waals surface area contributed by atoms with Crippen molar-refractivity contribution in [3.05, 3.63) is 41.2 Å². The van der Waals surface area contributed by atoms with Crippen LogP contribution >= 0.6 is 24.0 Å². The van der Waals surface area contributed by atoms with E-state index >= 15 is 0 Å². The number of nitrogens with zero attached hydrogens (tertiary/aromatic N) is 3. The number of pyridine rings is 1. The highest BCUT2D eigenvalue weighted by molar-refractivity contribution is 14.0. The highest BCUT2D eigenvalue weighted by atomic mass is 127. The van der Waals surface area contributed by atoms with E-state index < -0.39 is 0 Å². The normalized spacial score (nSPS) is 11.0. The third kappa shape index (κ3) is 6.52. The van der Waals surface area contributed by atoms with Crippen LogP contribution in [-0.2, 0) is 13.1 Å². The number of ether oxygens (including phenoxy) is 1. The number of aromatic nitrogens is 2. The Labute approximate surface area is 165 Å². The fourth-order valence-corrected chi connectivity index (χ4v) is 2.09. The Hall–Kier alpha value is -1.84. The summed E-state index contributed by atoms with van der Waals surface area (Å²) < 4.78 is 11.1. The summed E-state index contributed by atoms with van der Waals surface area (Å²) in [6.07, 6.45) is 1.72. The average Bonchev–Trinajstić information content (AvgIpc) is 2.90. The van der Waals surface area contributed by atoms with Gasteiger partial charge in [0.15, 0.2) is 5.96 Å². The molecule has 25 heavy (non-hydrogen) atoms. The number of aryl methyl sites for hydroxylation is 2.